The van der Waals surface area contributed by atoms with E-state index >= 15 is 0 Å². The molecule has 10 heteroatoms. The molecule has 5 rings (SSSR count). The molecular formula is C28H29N5O5. The number of carbonyl (C=O) groups is 1. The molecule has 1 fully saturated rings. The van der Waals surface area contributed by atoms with Crippen LogP contribution in [0.5, 0.6) is 11.5 Å². The Bertz CT molecular complexity index is 1400. The van der Waals surface area contributed by atoms with Crippen LogP contribution in [0.4, 0.5) is 4.79 Å². The Kier molecular flexibility index (Phi) is 6.95. The first-order valence-electron chi connectivity index (χ1n) is 12.4. The van der Waals surface area contributed by atoms with Crippen molar-refractivity contribution in [1.82, 2.24) is 20.1 Å². The Morgan fingerprint density at radius 2 is 1.63 bits per heavy atom. The summed E-state index contributed by atoms with van der Waals surface area (Å²) < 4.78 is 22.0. The number of aryl methyl sites for hydroxylation is 1. The lowest BCUT2D eigenvalue weighted by Gasteiger charge is -2.34. The molecule has 2 heterocycles. The number of nitrogens with two attached hydrogens (primary N) is 1. The molecule has 0 aliphatic heterocycles. The van der Waals surface area contributed by atoms with Gasteiger partial charge in [0.15, 0.2) is 5.82 Å². The highest BCUT2D eigenvalue weighted by Crippen LogP contribution is 2.34. The van der Waals surface area contributed by atoms with Gasteiger partial charge >= 0.3 is 6.09 Å². The lowest BCUT2D eigenvalue weighted by Crippen LogP contribution is -2.41. The summed E-state index contributed by atoms with van der Waals surface area (Å²) in [6.45, 7) is 6.38. The van der Waals surface area contributed by atoms with Crippen molar-refractivity contribution in [2.24, 2.45) is 5.73 Å². The third-order valence-electron chi connectivity index (χ3n) is 6.61. The number of rotatable bonds is 9. The van der Waals surface area contributed by atoms with Crippen molar-refractivity contribution in [2.45, 2.75) is 57.8 Å². The minimum absolute atomic E-state index is 0.0303. The maximum absolute atomic E-state index is 10.8. The second kappa shape index (κ2) is 10.5. The summed E-state index contributed by atoms with van der Waals surface area (Å²) in [5.74, 6) is 2.70. The van der Waals surface area contributed by atoms with Gasteiger partial charge in [0.1, 0.15) is 30.3 Å². The molecule has 1 aliphatic rings. The largest absolute Gasteiger partial charge is 0.490 e. The zero-order valence-electron chi connectivity index (χ0n) is 21.5. The molecule has 0 spiro atoms. The second-order valence-corrected chi connectivity index (χ2v) is 9.75. The molecule has 0 unspecified atom stereocenters. The van der Waals surface area contributed by atoms with Crippen LogP contribution >= 0.6 is 0 Å². The number of hydrogen-bond donors (Lipinski definition) is 1. The first-order valence-corrected chi connectivity index (χ1v) is 12.4. The smallest absolute Gasteiger partial charge is 0.404 e. The number of nitrogens with zero attached hydrogens (tertiary/aromatic N) is 4. The van der Waals surface area contributed by atoms with Crippen LogP contribution in [0.1, 0.15) is 49.3 Å². The van der Waals surface area contributed by atoms with Gasteiger partial charge in [0.25, 0.3) is 5.89 Å². The molecule has 10 nitrogen and oxygen atoms in total. The fourth-order valence-electron chi connectivity index (χ4n) is 4.28. The van der Waals surface area contributed by atoms with E-state index < -0.39 is 6.09 Å². The highest BCUT2D eigenvalue weighted by Gasteiger charge is 2.33. The Morgan fingerprint density at radius 1 is 0.974 bits per heavy atom. The summed E-state index contributed by atoms with van der Waals surface area (Å²) in [5.41, 5.74) is 7.85. The molecule has 1 amide bonds. The highest BCUT2D eigenvalue weighted by atomic mass is 16.6. The molecule has 0 bridgehead atoms. The normalized spacial score (nSPS) is 16.9. The molecule has 1 saturated carbocycles. The van der Waals surface area contributed by atoms with E-state index in [0.29, 0.717) is 30.2 Å². The molecule has 1 aliphatic carbocycles. The van der Waals surface area contributed by atoms with Crippen molar-refractivity contribution in [3.05, 3.63) is 83.4 Å². The molecule has 196 valence electrons. The summed E-state index contributed by atoms with van der Waals surface area (Å²) in [4.78, 5) is 23.6. The summed E-state index contributed by atoms with van der Waals surface area (Å²) in [5, 5.41) is 3.78. The van der Waals surface area contributed by atoms with Crippen molar-refractivity contribution < 1.29 is 23.5 Å². The Hall–Kier alpha value is -4.47. The molecule has 2 aromatic carbocycles. The number of hydrogen-bond acceptors (Lipinski definition) is 9. The van der Waals surface area contributed by atoms with Crippen LogP contribution in [0, 0.1) is 6.92 Å². The van der Waals surface area contributed by atoms with Crippen molar-refractivity contribution in [2.75, 3.05) is 0 Å². The van der Waals surface area contributed by atoms with E-state index in [1.807, 2.05) is 24.3 Å². The van der Waals surface area contributed by atoms with Crippen LogP contribution < -0.4 is 15.2 Å². The van der Waals surface area contributed by atoms with Gasteiger partial charge in [-0.1, -0.05) is 43.3 Å². The van der Waals surface area contributed by atoms with Crippen LogP contribution in [-0.2, 0) is 16.8 Å². The fourth-order valence-corrected chi connectivity index (χ4v) is 4.28. The summed E-state index contributed by atoms with van der Waals surface area (Å²) >= 11 is 0. The van der Waals surface area contributed by atoms with Gasteiger partial charge in [-0.05, 0) is 48.4 Å². The van der Waals surface area contributed by atoms with Crippen molar-refractivity contribution in [3.8, 4) is 23.2 Å². The molecule has 2 N–H and O–H groups in total. The van der Waals surface area contributed by atoms with Crippen LogP contribution in [0.2, 0.25) is 0 Å². The fraction of sp³-hybridized carbons (Fsp3) is 0.321. The monoisotopic (exact) mass is 515 g/mol. The van der Waals surface area contributed by atoms with E-state index in [2.05, 4.69) is 58.2 Å². The maximum Gasteiger partial charge on any atom is 0.404 e. The SMILES string of the molecule is Cc1noc(-c2nccc(COc3ccc(C(C)(C)c4ccc(O[C@H]5C[C@H](OC(N)=O)C5)cc4)cc3)n2)n1. The topological polar surface area (TPSA) is 135 Å². The summed E-state index contributed by atoms with van der Waals surface area (Å²) in [6.07, 6.45) is 2.09. The second-order valence-electron chi connectivity index (χ2n) is 9.75. The zero-order chi connectivity index (χ0) is 26.7. The highest BCUT2D eigenvalue weighted by molar-refractivity contribution is 5.64. The first kappa shape index (κ1) is 25.2. The van der Waals surface area contributed by atoms with E-state index in [0.717, 1.165) is 22.6 Å². The van der Waals surface area contributed by atoms with Gasteiger partial charge < -0.3 is 24.5 Å². The van der Waals surface area contributed by atoms with E-state index in [1.54, 1.807) is 19.2 Å². The molecule has 2 aromatic heterocycles. The third-order valence-corrected chi connectivity index (χ3v) is 6.61. The van der Waals surface area contributed by atoms with Gasteiger partial charge in [-0.2, -0.15) is 4.98 Å². The van der Waals surface area contributed by atoms with Gasteiger partial charge in [0.2, 0.25) is 5.82 Å². The number of benzene rings is 2. The van der Waals surface area contributed by atoms with Gasteiger partial charge in [0, 0.05) is 24.5 Å². The Labute approximate surface area is 220 Å². The number of carbonyl (C=O) groups excluding carboxylic acids is 1. The lowest BCUT2D eigenvalue weighted by molar-refractivity contribution is -0.0197. The maximum atomic E-state index is 10.8. The average Bonchev–Trinajstić information content (AvgIpc) is 3.33. The molecule has 4 aromatic rings. The molecule has 0 radical (unpaired) electrons. The van der Waals surface area contributed by atoms with Gasteiger partial charge in [0.05, 0.1) is 5.69 Å². The number of amides is 1. The minimum Gasteiger partial charge on any atom is -0.490 e. The zero-order valence-corrected chi connectivity index (χ0v) is 21.5. The van der Waals surface area contributed by atoms with Crippen molar-refractivity contribution in [3.63, 3.8) is 0 Å². The van der Waals surface area contributed by atoms with Crippen LogP contribution in [0.3, 0.4) is 0 Å². The van der Waals surface area contributed by atoms with E-state index in [4.69, 9.17) is 24.5 Å². The van der Waals surface area contributed by atoms with Crippen LogP contribution in [0.15, 0.2) is 65.3 Å². The van der Waals surface area contributed by atoms with E-state index in [1.165, 1.54) is 0 Å². The quantitative estimate of drug-likeness (QED) is 0.335. The summed E-state index contributed by atoms with van der Waals surface area (Å²) in [7, 11) is 0. The molecule has 0 saturated heterocycles. The number of aromatic nitrogens is 4. The average molecular weight is 516 g/mol. The molecule has 38 heavy (non-hydrogen) atoms. The minimum atomic E-state index is -0.740. The van der Waals surface area contributed by atoms with Crippen LogP contribution in [0.25, 0.3) is 11.7 Å². The lowest BCUT2D eigenvalue weighted by atomic mass is 9.78. The third kappa shape index (κ3) is 5.74. The molecular weight excluding hydrogens is 486 g/mol. The van der Waals surface area contributed by atoms with Gasteiger partial charge in [-0.3, -0.25) is 0 Å². The number of ether oxygens (including phenoxy) is 3. The summed E-state index contributed by atoms with van der Waals surface area (Å²) in [6, 6.07) is 17.9. The molecule has 0 atom stereocenters. The standard InChI is InChI=1S/C28H29N5O5/c1-17-31-26(38-33-17)25-30-13-12-20(32-25)16-35-21-8-4-18(5-9-21)28(2,3)19-6-10-22(11-7-19)36-23-14-24(15-23)37-27(29)34/h4-13,23-24H,14-16H2,1-3H3,(H2,29,34)/t23-,24-. The van der Waals surface area contributed by atoms with Gasteiger partial charge in [-0.15, -0.1) is 0 Å². The Morgan fingerprint density at radius 3 is 2.24 bits per heavy atom. The van der Waals surface area contributed by atoms with Gasteiger partial charge in [-0.25, -0.2) is 14.8 Å². The predicted molar refractivity (Wildman–Crippen MR) is 138 cm³/mol. The number of primary amides is 1. The van der Waals surface area contributed by atoms with Crippen molar-refractivity contribution >= 4 is 6.09 Å². The Balaban J connectivity index is 1.17. The van der Waals surface area contributed by atoms with E-state index in [9.17, 15) is 4.79 Å². The van der Waals surface area contributed by atoms with Crippen LogP contribution in [-0.4, -0.2) is 38.4 Å². The predicted octanol–water partition coefficient (Wildman–Crippen LogP) is 4.75. The van der Waals surface area contributed by atoms with E-state index in [-0.39, 0.29) is 30.1 Å². The van der Waals surface area contributed by atoms with Crippen molar-refractivity contribution in [1.29, 1.82) is 0 Å². The first-order chi connectivity index (χ1) is 18.3.